The first-order valence-electron chi connectivity index (χ1n) is 6.49. The van der Waals surface area contributed by atoms with E-state index in [1.54, 1.807) is 0 Å². The van der Waals surface area contributed by atoms with Crippen LogP contribution in [0.4, 0.5) is 0 Å². The zero-order valence-corrected chi connectivity index (χ0v) is 9.45. The second-order valence-electron chi connectivity index (χ2n) is 5.54. The SMILES string of the molecule is CCC(=O)OC1CC2CC1C1CCCC21. The number of esters is 1. The Hall–Kier alpha value is -0.530. The minimum absolute atomic E-state index is 0.00194. The van der Waals surface area contributed by atoms with Gasteiger partial charge in [0.15, 0.2) is 0 Å². The fourth-order valence-electron chi connectivity index (χ4n) is 4.39. The predicted octanol–water partition coefficient (Wildman–Crippen LogP) is 2.76. The van der Waals surface area contributed by atoms with Crippen molar-refractivity contribution in [1.82, 2.24) is 0 Å². The summed E-state index contributed by atoms with van der Waals surface area (Å²) < 4.78 is 5.56. The molecule has 0 N–H and O–H groups in total. The maximum Gasteiger partial charge on any atom is 0.305 e. The zero-order chi connectivity index (χ0) is 10.4. The van der Waals surface area contributed by atoms with Crippen molar-refractivity contribution in [3.8, 4) is 0 Å². The number of fused-ring (bicyclic) bond motifs is 5. The van der Waals surface area contributed by atoms with E-state index in [1.165, 1.54) is 25.7 Å². The third kappa shape index (κ3) is 1.41. The van der Waals surface area contributed by atoms with E-state index in [0.29, 0.717) is 6.42 Å². The predicted molar refractivity (Wildman–Crippen MR) is 57.2 cm³/mol. The van der Waals surface area contributed by atoms with Gasteiger partial charge in [0.2, 0.25) is 0 Å². The number of hydrogen-bond donors (Lipinski definition) is 0. The van der Waals surface area contributed by atoms with Gasteiger partial charge in [0.25, 0.3) is 0 Å². The summed E-state index contributed by atoms with van der Waals surface area (Å²) in [4.78, 5) is 11.3. The lowest BCUT2D eigenvalue weighted by atomic mass is 9.80. The lowest BCUT2D eigenvalue weighted by molar-refractivity contribution is -0.152. The van der Waals surface area contributed by atoms with E-state index >= 15 is 0 Å². The lowest BCUT2D eigenvalue weighted by Gasteiger charge is -2.31. The minimum atomic E-state index is 0.00194. The molecule has 5 unspecified atom stereocenters. The average molecular weight is 208 g/mol. The van der Waals surface area contributed by atoms with Gasteiger partial charge in [-0.3, -0.25) is 4.79 Å². The van der Waals surface area contributed by atoms with Crippen molar-refractivity contribution < 1.29 is 9.53 Å². The average Bonchev–Trinajstić information content (AvgIpc) is 2.87. The van der Waals surface area contributed by atoms with Crippen molar-refractivity contribution in [3.05, 3.63) is 0 Å². The molecule has 2 nitrogen and oxygen atoms in total. The van der Waals surface area contributed by atoms with Crippen LogP contribution in [0.5, 0.6) is 0 Å². The molecule has 0 heterocycles. The molecule has 3 fully saturated rings. The topological polar surface area (TPSA) is 26.3 Å². The second kappa shape index (κ2) is 3.50. The third-order valence-corrected chi connectivity index (χ3v) is 4.94. The first-order valence-corrected chi connectivity index (χ1v) is 6.49. The van der Waals surface area contributed by atoms with Crippen LogP contribution < -0.4 is 0 Å². The van der Waals surface area contributed by atoms with Crippen molar-refractivity contribution in [3.63, 3.8) is 0 Å². The Morgan fingerprint density at radius 2 is 2.00 bits per heavy atom. The molecular weight excluding hydrogens is 188 g/mol. The van der Waals surface area contributed by atoms with Crippen molar-refractivity contribution in [2.24, 2.45) is 23.7 Å². The number of ether oxygens (including phenoxy) is 1. The molecule has 2 bridgehead atoms. The molecule has 0 amide bonds. The summed E-state index contributed by atoms with van der Waals surface area (Å²) in [6.45, 7) is 1.88. The van der Waals surface area contributed by atoms with Crippen LogP contribution in [0.15, 0.2) is 0 Å². The summed E-state index contributed by atoms with van der Waals surface area (Å²) in [5, 5.41) is 0. The van der Waals surface area contributed by atoms with Gasteiger partial charge in [-0.2, -0.15) is 0 Å². The van der Waals surface area contributed by atoms with Gasteiger partial charge in [-0.25, -0.2) is 0 Å². The fourth-order valence-corrected chi connectivity index (χ4v) is 4.39. The summed E-state index contributed by atoms with van der Waals surface area (Å²) in [7, 11) is 0. The molecule has 3 saturated carbocycles. The van der Waals surface area contributed by atoms with Crippen molar-refractivity contribution in [1.29, 1.82) is 0 Å². The molecule has 15 heavy (non-hydrogen) atoms. The Morgan fingerprint density at radius 1 is 1.20 bits per heavy atom. The van der Waals surface area contributed by atoms with E-state index < -0.39 is 0 Å². The first-order chi connectivity index (χ1) is 7.29. The van der Waals surface area contributed by atoms with E-state index in [2.05, 4.69) is 0 Å². The Morgan fingerprint density at radius 3 is 2.80 bits per heavy atom. The highest BCUT2D eigenvalue weighted by Crippen LogP contribution is 2.59. The molecule has 0 aromatic rings. The summed E-state index contributed by atoms with van der Waals surface area (Å²) in [5.74, 6) is 3.50. The van der Waals surface area contributed by atoms with Crippen molar-refractivity contribution >= 4 is 5.97 Å². The van der Waals surface area contributed by atoms with E-state index in [1.807, 2.05) is 6.92 Å². The highest BCUT2D eigenvalue weighted by molar-refractivity contribution is 5.69. The molecule has 3 aliphatic rings. The minimum Gasteiger partial charge on any atom is -0.462 e. The Labute approximate surface area is 91.4 Å². The van der Waals surface area contributed by atoms with Gasteiger partial charge in [0.05, 0.1) is 0 Å². The van der Waals surface area contributed by atoms with Crippen molar-refractivity contribution in [2.45, 2.75) is 51.6 Å². The molecule has 5 atom stereocenters. The van der Waals surface area contributed by atoms with Gasteiger partial charge in [0, 0.05) is 6.42 Å². The highest BCUT2D eigenvalue weighted by atomic mass is 16.5. The van der Waals surface area contributed by atoms with Crippen LogP contribution in [0, 0.1) is 23.7 Å². The standard InChI is InChI=1S/C13H20O2/c1-2-13(14)15-12-7-8-6-11(12)10-5-3-4-9(8)10/h8-12H,2-7H2,1H3. The van der Waals surface area contributed by atoms with Gasteiger partial charge in [-0.15, -0.1) is 0 Å². The molecule has 2 heteroatoms. The van der Waals surface area contributed by atoms with Gasteiger partial charge >= 0.3 is 5.97 Å². The Balaban J connectivity index is 1.68. The molecule has 3 rings (SSSR count). The van der Waals surface area contributed by atoms with E-state index in [0.717, 1.165) is 30.1 Å². The number of carbonyl (C=O) groups excluding carboxylic acids is 1. The smallest absolute Gasteiger partial charge is 0.305 e. The Kier molecular flexibility index (Phi) is 2.26. The van der Waals surface area contributed by atoms with E-state index in [4.69, 9.17) is 4.74 Å². The quantitative estimate of drug-likeness (QED) is 0.652. The van der Waals surface area contributed by atoms with Crippen LogP contribution in [-0.4, -0.2) is 12.1 Å². The molecule has 3 aliphatic carbocycles. The second-order valence-corrected chi connectivity index (χ2v) is 5.54. The molecule has 0 aliphatic heterocycles. The lowest BCUT2D eigenvalue weighted by Crippen LogP contribution is -2.31. The Bertz CT molecular complexity index is 274. The van der Waals surface area contributed by atoms with Crippen LogP contribution in [0.25, 0.3) is 0 Å². The number of rotatable bonds is 2. The van der Waals surface area contributed by atoms with Crippen LogP contribution in [0.3, 0.4) is 0 Å². The van der Waals surface area contributed by atoms with Gasteiger partial charge < -0.3 is 4.74 Å². The van der Waals surface area contributed by atoms with Crippen LogP contribution >= 0.6 is 0 Å². The molecular formula is C13H20O2. The molecule has 0 saturated heterocycles. The maximum atomic E-state index is 11.3. The third-order valence-electron chi connectivity index (χ3n) is 4.94. The monoisotopic (exact) mass is 208 g/mol. The molecule has 0 spiro atoms. The van der Waals surface area contributed by atoms with Crippen LogP contribution in [-0.2, 0) is 9.53 Å². The molecule has 0 aromatic heterocycles. The maximum absolute atomic E-state index is 11.3. The zero-order valence-electron chi connectivity index (χ0n) is 9.45. The van der Waals surface area contributed by atoms with Gasteiger partial charge in [-0.05, 0) is 49.4 Å². The van der Waals surface area contributed by atoms with E-state index in [-0.39, 0.29) is 12.1 Å². The first kappa shape index (κ1) is 9.68. The normalized spacial score (nSPS) is 46.9. The van der Waals surface area contributed by atoms with Gasteiger partial charge in [-0.1, -0.05) is 13.3 Å². The van der Waals surface area contributed by atoms with Crippen LogP contribution in [0.1, 0.15) is 45.4 Å². The molecule has 0 aromatic carbocycles. The summed E-state index contributed by atoms with van der Waals surface area (Å²) in [5.41, 5.74) is 0. The van der Waals surface area contributed by atoms with Gasteiger partial charge in [0.1, 0.15) is 6.10 Å². The molecule has 0 radical (unpaired) electrons. The number of carbonyl (C=O) groups is 1. The summed E-state index contributed by atoms with van der Waals surface area (Å²) in [6, 6.07) is 0. The van der Waals surface area contributed by atoms with E-state index in [9.17, 15) is 4.79 Å². The molecule has 84 valence electrons. The van der Waals surface area contributed by atoms with Crippen molar-refractivity contribution in [2.75, 3.05) is 0 Å². The summed E-state index contributed by atoms with van der Waals surface area (Å²) in [6.07, 6.45) is 7.57. The van der Waals surface area contributed by atoms with Crippen LogP contribution in [0.2, 0.25) is 0 Å². The highest BCUT2D eigenvalue weighted by Gasteiger charge is 2.54. The number of hydrogen-bond acceptors (Lipinski definition) is 2. The largest absolute Gasteiger partial charge is 0.462 e. The summed E-state index contributed by atoms with van der Waals surface area (Å²) >= 11 is 0. The fraction of sp³-hybridized carbons (Fsp3) is 0.923.